The number of ketones is 1. The van der Waals surface area contributed by atoms with Crippen LogP contribution in [-0.4, -0.2) is 20.7 Å². The molecule has 2 rings (SSSR count). The summed E-state index contributed by atoms with van der Waals surface area (Å²) in [6.07, 6.45) is 0.450. The molecule has 116 valence electrons. The SMILES string of the molecule is CC(=O)c1cccc(S(=O)(=O)NCCc2ccc(F)cc2)c1. The molecular formula is C16H16FNO3S. The highest BCUT2D eigenvalue weighted by molar-refractivity contribution is 7.89. The third kappa shape index (κ3) is 4.22. The van der Waals surface area contributed by atoms with E-state index in [9.17, 15) is 17.6 Å². The first kappa shape index (κ1) is 16.3. The predicted molar refractivity (Wildman–Crippen MR) is 81.7 cm³/mol. The summed E-state index contributed by atoms with van der Waals surface area (Å²) in [5.74, 6) is -0.520. The molecule has 0 unspecified atom stereocenters. The summed E-state index contributed by atoms with van der Waals surface area (Å²) >= 11 is 0. The summed E-state index contributed by atoms with van der Waals surface area (Å²) in [5.41, 5.74) is 1.18. The fraction of sp³-hybridized carbons (Fsp3) is 0.188. The van der Waals surface area contributed by atoms with E-state index in [-0.39, 0.29) is 23.0 Å². The minimum atomic E-state index is -3.67. The van der Waals surface area contributed by atoms with E-state index in [1.165, 1.54) is 37.3 Å². The number of halogens is 1. The molecule has 4 nitrogen and oxygen atoms in total. The summed E-state index contributed by atoms with van der Waals surface area (Å²) in [6.45, 7) is 1.58. The van der Waals surface area contributed by atoms with Crippen LogP contribution in [-0.2, 0) is 16.4 Å². The van der Waals surface area contributed by atoms with Gasteiger partial charge in [0.2, 0.25) is 10.0 Å². The van der Waals surface area contributed by atoms with Gasteiger partial charge >= 0.3 is 0 Å². The number of hydrogen-bond donors (Lipinski definition) is 1. The molecular weight excluding hydrogens is 305 g/mol. The van der Waals surface area contributed by atoms with Crippen LogP contribution in [0.1, 0.15) is 22.8 Å². The van der Waals surface area contributed by atoms with Gasteiger partial charge in [-0.05, 0) is 43.2 Å². The van der Waals surface area contributed by atoms with Crippen LogP contribution in [0.15, 0.2) is 53.4 Å². The smallest absolute Gasteiger partial charge is 0.240 e. The van der Waals surface area contributed by atoms with Gasteiger partial charge in [-0.15, -0.1) is 0 Å². The zero-order valence-electron chi connectivity index (χ0n) is 12.0. The zero-order valence-corrected chi connectivity index (χ0v) is 12.9. The van der Waals surface area contributed by atoms with Crippen LogP contribution in [0.2, 0.25) is 0 Å². The molecule has 2 aromatic rings. The van der Waals surface area contributed by atoms with Crippen molar-refractivity contribution in [1.82, 2.24) is 4.72 Å². The van der Waals surface area contributed by atoms with Crippen LogP contribution in [0.4, 0.5) is 4.39 Å². The predicted octanol–water partition coefficient (Wildman–Crippen LogP) is 2.55. The van der Waals surface area contributed by atoms with Gasteiger partial charge in [-0.3, -0.25) is 4.79 Å². The van der Waals surface area contributed by atoms with E-state index in [2.05, 4.69) is 4.72 Å². The molecule has 0 fully saturated rings. The molecule has 6 heteroatoms. The van der Waals surface area contributed by atoms with Crippen molar-refractivity contribution in [1.29, 1.82) is 0 Å². The van der Waals surface area contributed by atoms with Crippen LogP contribution in [0.5, 0.6) is 0 Å². The van der Waals surface area contributed by atoms with Crippen LogP contribution in [0.3, 0.4) is 0 Å². The van der Waals surface area contributed by atoms with Gasteiger partial charge in [-0.2, -0.15) is 0 Å². The first-order chi connectivity index (χ1) is 10.4. The Labute approximate surface area is 129 Å². The van der Waals surface area contributed by atoms with Crippen molar-refractivity contribution < 1.29 is 17.6 Å². The largest absolute Gasteiger partial charge is 0.295 e. The molecule has 0 spiro atoms. The van der Waals surface area contributed by atoms with E-state index in [0.29, 0.717) is 12.0 Å². The van der Waals surface area contributed by atoms with Gasteiger partial charge in [0.1, 0.15) is 5.82 Å². The third-order valence-corrected chi connectivity index (χ3v) is 4.63. The fourth-order valence-electron chi connectivity index (χ4n) is 1.95. The van der Waals surface area contributed by atoms with Crippen molar-refractivity contribution in [2.45, 2.75) is 18.2 Å². The first-order valence-corrected chi connectivity index (χ1v) is 8.22. The zero-order chi connectivity index (χ0) is 16.2. The van der Waals surface area contributed by atoms with Crippen LogP contribution in [0.25, 0.3) is 0 Å². The lowest BCUT2D eigenvalue weighted by Crippen LogP contribution is -2.26. The molecule has 0 atom stereocenters. The van der Waals surface area contributed by atoms with Gasteiger partial charge in [0.25, 0.3) is 0 Å². The van der Waals surface area contributed by atoms with E-state index >= 15 is 0 Å². The Hall–Kier alpha value is -2.05. The molecule has 0 saturated heterocycles. The lowest BCUT2D eigenvalue weighted by Gasteiger charge is -2.08. The highest BCUT2D eigenvalue weighted by Crippen LogP contribution is 2.12. The summed E-state index contributed by atoms with van der Waals surface area (Å²) in [6, 6.07) is 11.8. The second-order valence-electron chi connectivity index (χ2n) is 4.86. The van der Waals surface area contributed by atoms with Gasteiger partial charge in [0.05, 0.1) is 4.90 Å². The second kappa shape index (κ2) is 6.81. The Morgan fingerprint density at radius 2 is 1.82 bits per heavy atom. The monoisotopic (exact) mass is 321 g/mol. The van der Waals surface area contributed by atoms with Crippen LogP contribution in [0, 0.1) is 5.82 Å². The molecule has 0 saturated carbocycles. The average Bonchev–Trinajstić information content (AvgIpc) is 2.49. The quantitative estimate of drug-likeness (QED) is 0.832. The molecule has 0 aromatic heterocycles. The Morgan fingerprint density at radius 3 is 2.45 bits per heavy atom. The maximum Gasteiger partial charge on any atom is 0.240 e. The van der Waals surface area contributed by atoms with E-state index in [0.717, 1.165) is 5.56 Å². The minimum Gasteiger partial charge on any atom is -0.295 e. The maximum atomic E-state index is 12.8. The minimum absolute atomic E-state index is 0.0549. The van der Waals surface area contributed by atoms with Crippen molar-refractivity contribution in [2.75, 3.05) is 6.54 Å². The Bertz CT molecular complexity index is 770. The number of sulfonamides is 1. The number of hydrogen-bond acceptors (Lipinski definition) is 3. The summed E-state index contributed by atoms with van der Waals surface area (Å²) in [5, 5.41) is 0. The number of nitrogens with one attached hydrogen (secondary N) is 1. The van der Waals surface area contributed by atoms with Gasteiger partial charge in [-0.25, -0.2) is 17.5 Å². The molecule has 0 aliphatic heterocycles. The first-order valence-electron chi connectivity index (χ1n) is 6.73. The molecule has 0 radical (unpaired) electrons. The van der Waals surface area contributed by atoms with Crippen molar-refractivity contribution >= 4 is 15.8 Å². The second-order valence-corrected chi connectivity index (χ2v) is 6.63. The van der Waals surface area contributed by atoms with Gasteiger partial charge in [-0.1, -0.05) is 24.3 Å². The standard InChI is InChI=1S/C16H16FNO3S/c1-12(19)14-3-2-4-16(11-14)22(20,21)18-10-9-13-5-7-15(17)8-6-13/h2-8,11,18H,9-10H2,1H3. The molecule has 0 aliphatic rings. The van der Waals surface area contributed by atoms with E-state index in [4.69, 9.17) is 0 Å². The molecule has 0 heterocycles. The Balaban J connectivity index is 2.03. The van der Waals surface area contributed by atoms with Crippen molar-refractivity contribution in [2.24, 2.45) is 0 Å². The highest BCUT2D eigenvalue weighted by atomic mass is 32.2. The molecule has 0 amide bonds. The number of Topliss-reactive ketones (excluding diaryl/α,β-unsaturated/α-hetero) is 1. The Morgan fingerprint density at radius 1 is 1.14 bits per heavy atom. The molecule has 2 aromatic carbocycles. The van der Waals surface area contributed by atoms with Crippen LogP contribution >= 0.6 is 0 Å². The highest BCUT2D eigenvalue weighted by Gasteiger charge is 2.14. The van der Waals surface area contributed by atoms with E-state index in [1.807, 2.05) is 0 Å². The van der Waals surface area contributed by atoms with Crippen molar-refractivity contribution in [3.8, 4) is 0 Å². The number of carbonyl (C=O) groups excluding carboxylic acids is 1. The molecule has 0 bridgehead atoms. The summed E-state index contributed by atoms with van der Waals surface area (Å²) in [7, 11) is -3.67. The van der Waals surface area contributed by atoms with E-state index in [1.54, 1.807) is 18.2 Å². The van der Waals surface area contributed by atoms with Crippen molar-refractivity contribution in [3.05, 3.63) is 65.5 Å². The topological polar surface area (TPSA) is 63.2 Å². The maximum absolute atomic E-state index is 12.8. The Kier molecular flexibility index (Phi) is 5.05. The summed E-state index contributed by atoms with van der Waals surface area (Å²) < 4.78 is 39.6. The van der Waals surface area contributed by atoms with Crippen molar-refractivity contribution in [3.63, 3.8) is 0 Å². The lowest BCUT2D eigenvalue weighted by atomic mass is 10.1. The third-order valence-electron chi connectivity index (χ3n) is 3.17. The van der Waals surface area contributed by atoms with E-state index < -0.39 is 10.0 Å². The normalized spacial score (nSPS) is 11.4. The molecule has 1 N–H and O–H groups in total. The van der Waals surface area contributed by atoms with Crippen LogP contribution < -0.4 is 4.72 Å². The van der Waals surface area contributed by atoms with Gasteiger partial charge < -0.3 is 0 Å². The fourth-order valence-corrected chi connectivity index (χ4v) is 3.02. The lowest BCUT2D eigenvalue weighted by molar-refractivity contribution is 0.101. The number of carbonyl (C=O) groups is 1. The number of rotatable bonds is 6. The molecule has 22 heavy (non-hydrogen) atoms. The number of benzene rings is 2. The van der Waals surface area contributed by atoms with Gasteiger partial charge in [0.15, 0.2) is 5.78 Å². The molecule has 0 aliphatic carbocycles. The van der Waals surface area contributed by atoms with Gasteiger partial charge in [0, 0.05) is 12.1 Å². The average molecular weight is 321 g/mol. The summed E-state index contributed by atoms with van der Waals surface area (Å²) in [4.78, 5) is 11.4.